The fourth-order valence-corrected chi connectivity index (χ4v) is 4.80. The molecule has 7 heteroatoms. The second-order valence-electron chi connectivity index (χ2n) is 7.15. The molecule has 0 saturated carbocycles. The fourth-order valence-electron chi connectivity index (χ4n) is 3.80. The van der Waals surface area contributed by atoms with Crippen molar-refractivity contribution in [2.45, 2.75) is 19.3 Å². The minimum atomic E-state index is -3.30. The normalized spacial score (nSPS) is 14.1. The topological polar surface area (TPSA) is 82.3 Å². The predicted octanol–water partition coefficient (Wildman–Crippen LogP) is 2.85. The molecule has 3 aromatic rings. The van der Waals surface area contributed by atoms with Crippen LogP contribution in [0.3, 0.4) is 0 Å². The molecule has 2 aromatic carbocycles. The smallest absolute Gasteiger partial charge is 0.251 e. The Bertz CT molecular complexity index is 1130. The van der Waals surface area contributed by atoms with Crippen LogP contribution in [0.5, 0.6) is 0 Å². The van der Waals surface area contributed by atoms with Gasteiger partial charge in [-0.1, -0.05) is 18.2 Å². The Labute approximate surface area is 164 Å². The van der Waals surface area contributed by atoms with Crippen LogP contribution in [0.15, 0.2) is 48.7 Å². The van der Waals surface area contributed by atoms with E-state index in [-0.39, 0.29) is 5.91 Å². The van der Waals surface area contributed by atoms with Crippen LogP contribution in [0.25, 0.3) is 10.9 Å². The minimum absolute atomic E-state index is 0.140. The molecule has 0 atom stereocenters. The van der Waals surface area contributed by atoms with Gasteiger partial charge in [0.05, 0.1) is 11.9 Å². The zero-order valence-electron chi connectivity index (χ0n) is 15.7. The van der Waals surface area contributed by atoms with Crippen LogP contribution in [0.4, 0.5) is 5.69 Å². The number of carbonyl (C=O) groups excluding carboxylic acids is 1. The summed E-state index contributed by atoms with van der Waals surface area (Å²) in [6, 6.07) is 13.3. The monoisotopic (exact) mass is 397 g/mol. The third kappa shape index (κ3) is 3.62. The number of hydrogen-bond donors (Lipinski definition) is 2. The van der Waals surface area contributed by atoms with Crippen LogP contribution in [0, 0.1) is 0 Å². The molecule has 0 unspecified atom stereocenters. The van der Waals surface area contributed by atoms with Crippen molar-refractivity contribution in [3.8, 4) is 0 Å². The summed E-state index contributed by atoms with van der Waals surface area (Å²) in [4.78, 5) is 15.8. The van der Waals surface area contributed by atoms with E-state index in [0.29, 0.717) is 24.3 Å². The van der Waals surface area contributed by atoms with Gasteiger partial charge in [-0.25, -0.2) is 8.42 Å². The van der Waals surface area contributed by atoms with E-state index in [2.05, 4.69) is 16.4 Å². The number of carbonyl (C=O) groups is 1. The molecule has 28 heavy (non-hydrogen) atoms. The number of sulfonamides is 1. The average Bonchev–Trinajstić information content (AvgIpc) is 3.09. The number of fused-ring (bicyclic) bond motifs is 2. The van der Waals surface area contributed by atoms with Crippen molar-refractivity contribution < 1.29 is 13.2 Å². The number of rotatable bonds is 5. The first kappa shape index (κ1) is 18.6. The Balaban J connectivity index is 1.44. The van der Waals surface area contributed by atoms with Crippen LogP contribution in [-0.4, -0.2) is 38.7 Å². The number of benzene rings is 2. The quantitative estimate of drug-likeness (QED) is 0.695. The van der Waals surface area contributed by atoms with Crippen molar-refractivity contribution in [3.05, 3.63) is 65.4 Å². The van der Waals surface area contributed by atoms with Gasteiger partial charge in [0.25, 0.3) is 5.91 Å². The molecule has 0 spiro atoms. The maximum Gasteiger partial charge on any atom is 0.251 e. The Morgan fingerprint density at radius 1 is 1.21 bits per heavy atom. The Kier molecular flexibility index (Phi) is 4.85. The van der Waals surface area contributed by atoms with Crippen molar-refractivity contribution in [3.63, 3.8) is 0 Å². The van der Waals surface area contributed by atoms with Gasteiger partial charge >= 0.3 is 0 Å². The van der Waals surface area contributed by atoms with Gasteiger partial charge in [0.1, 0.15) is 0 Å². The number of H-pyrrole nitrogens is 1. The number of nitrogens with zero attached hydrogens (tertiary/aromatic N) is 1. The van der Waals surface area contributed by atoms with E-state index in [1.807, 2.05) is 30.5 Å². The first-order valence-corrected chi connectivity index (χ1v) is 11.2. The van der Waals surface area contributed by atoms with Gasteiger partial charge in [-0.05, 0) is 54.7 Å². The van der Waals surface area contributed by atoms with Crippen LogP contribution >= 0.6 is 0 Å². The molecule has 1 aliphatic rings. The Hall–Kier alpha value is -2.80. The second kappa shape index (κ2) is 7.31. The summed E-state index contributed by atoms with van der Waals surface area (Å²) < 4.78 is 25.3. The van der Waals surface area contributed by atoms with Gasteiger partial charge in [-0.2, -0.15) is 0 Å². The molecule has 1 aromatic heterocycles. The van der Waals surface area contributed by atoms with Crippen LogP contribution in [0.1, 0.15) is 27.9 Å². The van der Waals surface area contributed by atoms with Gasteiger partial charge in [0.2, 0.25) is 10.0 Å². The van der Waals surface area contributed by atoms with Crippen LogP contribution in [-0.2, 0) is 22.9 Å². The molecule has 4 rings (SSSR count). The molecule has 0 saturated heterocycles. The lowest BCUT2D eigenvalue weighted by molar-refractivity contribution is 0.0954. The van der Waals surface area contributed by atoms with E-state index >= 15 is 0 Å². The number of aromatic nitrogens is 1. The summed E-state index contributed by atoms with van der Waals surface area (Å²) in [6.07, 6.45) is 5.47. The first-order chi connectivity index (χ1) is 13.4. The van der Waals surface area contributed by atoms with E-state index in [1.165, 1.54) is 21.5 Å². The number of amides is 1. The van der Waals surface area contributed by atoms with Crippen LogP contribution in [0.2, 0.25) is 0 Å². The third-order valence-corrected chi connectivity index (χ3v) is 6.35. The van der Waals surface area contributed by atoms with Gasteiger partial charge in [-0.15, -0.1) is 0 Å². The summed E-state index contributed by atoms with van der Waals surface area (Å²) in [5.41, 5.74) is 4.41. The Morgan fingerprint density at radius 3 is 2.86 bits per heavy atom. The lowest BCUT2D eigenvalue weighted by atomic mass is 10.0. The van der Waals surface area contributed by atoms with E-state index < -0.39 is 10.0 Å². The van der Waals surface area contributed by atoms with Crippen LogP contribution < -0.4 is 9.62 Å². The van der Waals surface area contributed by atoms with E-state index in [1.54, 1.807) is 12.1 Å². The molecule has 0 bridgehead atoms. The highest BCUT2D eigenvalue weighted by molar-refractivity contribution is 7.92. The van der Waals surface area contributed by atoms with E-state index in [0.717, 1.165) is 30.3 Å². The predicted molar refractivity (Wildman–Crippen MR) is 111 cm³/mol. The number of anilines is 1. The molecule has 1 amide bonds. The first-order valence-electron chi connectivity index (χ1n) is 9.37. The Morgan fingerprint density at radius 2 is 2.04 bits per heavy atom. The molecule has 1 aliphatic heterocycles. The van der Waals surface area contributed by atoms with E-state index in [9.17, 15) is 13.2 Å². The van der Waals surface area contributed by atoms with Crippen molar-refractivity contribution in [1.29, 1.82) is 0 Å². The standard InChI is InChI=1S/C21H23N3O3S/c1-28(26,27)24-12-4-5-15-13-16(8-9-20(15)24)21(25)22-11-10-17-14-23-19-7-3-2-6-18(17)19/h2-3,6-9,13-14,23H,4-5,10-12H2,1H3,(H,22,25). The molecule has 0 aliphatic carbocycles. The molecular weight excluding hydrogens is 374 g/mol. The van der Waals surface area contributed by atoms with Crippen molar-refractivity contribution in [2.75, 3.05) is 23.7 Å². The second-order valence-corrected chi connectivity index (χ2v) is 9.05. The fraction of sp³-hybridized carbons (Fsp3) is 0.286. The molecule has 146 valence electrons. The lowest BCUT2D eigenvalue weighted by Gasteiger charge is -2.29. The maximum atomic E-state index is 12.6. The molecule has 2 N–H and O–H groups in total. The zero-order chi connectivity index (χ0) is 19.7. The third-order valence-electron chi connectivity index (χ3n) is 5.17. The number of hydrogen-bond acceptors (Lipinski definition) is 3. The van der Waals surface area contributed by atoms with Gasteiger partial charge in [0, 0.05) is 35.8 Å². The highest BCUT2D eigenvalue weighted by atomic mass is 32.2. The number of para-hydroxylation sites is 1. The number of aromatic amines is 1. The molecule has 2 heterocycles. The van der Waals surface area contributed by atoms with Crippen molar-refractivity contribution in [1.82, 2.24) is 10.3 Å². The summed E-state index contributed by atoms with van der Waals surface area (Å²) in [5, 5.41) is 4.14. The summed E-state index contributed by atoms with van der Waals surface area (Å²) in [5.74, 6) is -0.140. The summed E-state index contributed by atoms with van der Waals surface area (Å²) in [6.45, 7) is 1.02. The lowest BCUT2D eigenvalue weighted by Crippen LogP contribution is -2.34. The largest absolute Gasteiger partial charge is 0.361 e. The highest BCUT2D eigenvalue weighted by Gasteiger charge is 2.24. The molecule has 6 nitrogen and oxygen atoms in total. The summed E-state index contributed by atoms with van der Waals surface area (Å²) in [7, 11) is -3.30. The molecule has 0 fully saturated rings. The van der Waals surface area contributed by atoms with Gasteiger partial charge < -0.3 is 10.3 Å². The highest BCUT2D eigenvalue weighted by Crippen LogP contribution is 2.29. The minimum Gasteiger partial charge on any atom is -0.361 e. The number of aryl methyl sites for hydroxylation is 1. The SMILES string of the molecule is CS(=O)(=O)N1CCCc2cc(C(=O)NCCc3c[nH]c4ccccc34)ccc21. The number of nitrogens with one attached hydrogen (secondary N) is 2. The van der Waals surface area contributed by atoms with Crippen molar-refractivity contribution in [2.24, 2.45) is 0 Å². The molecule has 0 radical (unpaired) electrons. The summed E-state index contributed by atoms with van der Waals surface area (Å²) >= 11 is 0. The maximum absolute atomic E-state index is 12.6. The van der Waals surface area contributed by atoms with Crippen molar-refractivity contribution >= 4 is 32.5 Å². The van der Waals surface area contributed by atoms with Gasteiger partial charge in [0.15, 0.2) is 0 Å². The van der Waals surface area contributed by atoms with Gasteiger partial charge in [-0.3, -0.25) is 9.10 Å². The molecular formula is C21H23N3O3S. The van der Waals surface area contributed by atoms with E-state index in [4.69, 9.17) is 0 Å². The average molecular weight is 398 g/mol. The zero-order valence-corrected chi connectivity index (χ0v) is 16.6.